The zero-order valence-corrected chi connectivity index (χ0v) is 7.56. The Morgan fingerprint density at radius 2 is 1.60 bits per heavy atom. The van der Waals surface area contributed by atoms with E-state index in [1.165, 1.54) is 6.20 Å². The molecule has 1 aromatic rings. The fourth-order valence-electron chi connectivity index (χ4n) is 0.422. The molecule has 0 radical (unpaired) electrons. The minimum absolute atomic E-state index is 0.163. The van der Waals surface area contributed by atoms with Crippen molar-refractivity contribution in [2.45, 2.75) is 0 Å². The molecule has 0 saturated carbocycles. The summed E-state index contributed by atoms with van der Waals surface area (Å²) in [7, 11) is 0. The van der Waals surface area contributed by atoms with E-state index < -0.39 is 0 Å². The van der Waals surface area contributed by atoms with Gasteiger partial charge >= 0.3 is 0 Å². The quantitative estimate of drug-likeness (QED) is 0.603. The van der Waals surface area contributed by atoms with Crippen LogP contribution < -0.4 is 0 Å². The molecule has 0 fully saturated rings. The van der Waals surface area contributed by atoms with Crippen LogP contribution in [-0.4, -0.2) is 4.98 Å². The first kappa shape index (κ1) is 8.41. The molecule has 0 aliphatic carbocycles. The maximum atomic E-state index is 5.59. The monoisotopic (exact) mass is 215 g/mol. The Balaban J connectivity index is 3.34. The fourth-order valence-corrected chi connectivity index (χ4v) is 1.09. The van der Waals surface area contributed by atoms with E-state index in [9.17, 15) is 0 Å². The van der Waals surface area contributed by atoms with E-state index in [1.54, 1.807) is 0 Å². The van der Waals surface area contributed by atoms with Crippen molar-refractivity contribution in [2.24, 2.45) is 0 Å². The lowest BCUT2D eigenvalue weighted by Crippen LogP contribution is -1.78. The van der Waals surface area contributed by atoms with Gasteiger partial charge in [-0.3, -0.25) is 0 Å². The van der Waals surface area contributed by atoms with E-state index in [0.717, 1.165) is 0 Å². The van der Waals surface area contributed by atoms with Gasteiger partial charge in [0.25, 0.3) is 0 Å². The van der Waals surface area contributed by atoms with Gasteiger partial charge in [-0.2, -0.15) is 0 Å². The number of nitrogens with zero attached hydrogens (tertiary/aromatic N) is 1. The molecule has 0 bridgehead atoms. The molecule has 0 saturated heterocycles. The minimum atomic E-state index is 0.163. The van der Waals surface area contributed by atoms with Gasteiger partial charge in [-0.25, -0.2) is 4.98 Å². The maximum absolute atomic E-state index is 5.59. The molecule has 5 heteroatoms. The molecule has 0 unspecified atom stereocenters. The molecule has 1 nitrogen and oxygen atoms in total. The van der Waals surface area contributed by atoms with E-state index in [4.69, 9.17) is 46.4 Å². The third kappa shape index (κ3) is 1.48. The molecular weight excluding hydrogens is 216 g/mol. The second kappa shape index (κ2) is 3.14. The fraction of sp³-hybridized carbons (Fsp3) is 0. The van der Waals surface area contributed by atoms with E-state index in [1.807, 2.05) is 0 Å². The maximum Gasteiger partial charge on any atom is 0.149 e. The molecule has 0 aliphatic rings. The molecule has 0 spiro atoms. The average molecular weight is 217 g/mol. The second-order valence-electron chi connectivity index (χ2n) is 1.52. The Bertz CT molecular complexity index is 233. The molecule has 1 heterocycles. The first-order valence-corrected chi connectivity index (χ1v) is 3.79. The third-order valence-corrected chi connectivity index (χ3v) is 2.50. The summed E-state index contributed by atoms with van der Waals surface area (Å²) < 4.78 is 0. The van der Waals surface area contributed by atoms with Gasteiger partial charge in [0.15, 0.2) is 0 Å². The molecule has 10 heavy (non-hydrogen) atoms. The van der Waals surface area contributed by atoms with Crippen molar-refractivity contribution in [1.29, 1.82) is 0 Å². The van der Waals surface area contributed by atoms with E-state index in [2.05, 4.69) is 4.98 Å². The van der Waals surface area contributed by atoms with Gasteiger partial charge in [-0.1, -0.05) is 46.4 Å². The van der Waals surface area contributed by atoms with E-state index in [0.29, 0.717) is 5.02 Å². The molecule has 1 aromatic heterocycles. The summed E-state index contributed by atoms with van der Waals surface area (Å²) in [6.45, 7) is 0. The molecule has 0 aromatic carbocycles. The summed E-state index contributed by atoms with van der Waals surface area (Å²) in [5.74, 6) is 0. The predicted octanol–water partition coefficient (Wildman–Crippen LogP) is 3.70. The molecule has 0 aliphatic heterocycles. The zero-order chi connectivity index (χ0) is 7.72. The minimum Gasteiger partial charge on any atom is -0.241 e. The lowest BCUT2D eigenvalue weighted by atomic mass is 10.5. The largest absolute Gasteiger partial charge is 0.241 e. The summed E-state index contributed by atoms with van der Waals surface area (Å²) in [6, 6.07) is 0. The van der Waals surface area contributed by atoms with Gasteiger partial charge in [0, 0.05) is 6.20 Å². The highest BCUT2D eigenvalue weighted by molar-refractivity contribution is 6.51. The van der Waals surface area contributed by atoms with Crippen LogP contribution in [-0.2, 0) is 0 Å². The van der Waals surface area contributed by atoms with Crippen molar-refractivity contribution in [2.75, 3.05) is 0 Å². The van der Waals surface area contributed by atoms with Crippen LogP contribution in [0.5, 0.6) is 0 Å². The summed E-state index contributed by atoms with van der Waals surface area (Å²) in [6.07, 6.45) is 1.35. The van der Waals surface area contributed by atoms with Gasteiger partial charge in [0.05, 0.1) is 15.1 Å². The van der Waals surface area contributed by atoms with Crippen molar-refractivity contribution < 1.29 is 0 Å². The molecule has 0 amide bonds. The Labute approximate surface area is 77.9 Å². The summed E-state index contributed by atoms with van der Waals surface area (Å²) in [5, 5.41) is 0.895. The second-order valence-corrected chi connectivity index (χ2v) is 3.05. The van der Waals surface area contributed by atoms with Crippen molar-refractivity contribution in [3.8, 4) is 0 Å². The van der Waals surface area contributed by atoms with Crippen LogP contribution in [0.2, 0.25) is 20.2 Å². The Hall–Kier alpha value is 0.310. The SMILES string of the molecule is Clc1cnc(Cl)c(Cl)c1Cl. The van der Waals surface area contributed by atoms with Crippen LogP contribution in [0.3, 0.4) is 0 Å². The predicted molar refractivity (Wildman–Crippen MR) is 44.3 cm³/mol. The molecule has 0 N–H and O–H groups in total. The Kier molecular flexibility index (Phi) is 2.64. The number of hydrogen-bond acceptors (Lipinski definition) is 1. The first-order chi connectivity index (χ1) is 4.63. The smallest absolute Gasteiger partial charge is 0.149 e. The average Bonchev–Trinajstić information content (AvgIpc) is 1.93. The lowest BCUT2D eigenvalue weighted by Gasteiger charge is -1.97. The van der Waals surface area contributed by atoms with Crippen molar-refractivity contribution in [3.63, 3.8) is 0 Å². The Morgan fingerprint density at radius 3 is 2.10 bits per heavy atom. The van der Waals surface area contributed by atoms with Gasteiger partial charge in [0.1, 0.15) is 5.15 Å². The van der Waals surface area contributed by atoms with Crippen LogP contribution in [0, 0.1) is 0 Å². The van der Waals surface area contributed by atoms with Crippen molar-refractivity contribution in [3.05, 3.63) is 26.4 Å². The van der Waals surface area contributed by atoms with Crippen molar-refractivity contribution in [1.82, 2.24) is 4.98 Å². The highest BCUT2D eigenvalue weighted by atomic mass is 35.5. The summed E-state index contributed by atoms with van der Waals surface area (Å²) >= 11 is 22.2. The molecule has 54 valence electrons. The highest BCUT2D eigenvalue weighted by Crippen LogP contribution is 2.33. The van der Waals surface area contributed by atoms with Gasteiger partial charge in [0.2, 0.25) is 0 Å². The zero-order valence-electron chi connectivity index (χ0n) is 4.54. The van der Waals surface area contributed by atoms with Crippen LogP contribution in [0.4, 0.5) is 0 Å². The normalized spacial score (nSPS) is 10.0. The first-order valence-electron chi connectivity index (χ1n) is 2.28. The number of aromatic nitrogens is 1. The van der Waals surface area contributed by atoms with Gasteiger partial charge < -0.3 is 0 Å². The van der Waals surface area contributed by atoms with Gasteiger partial charge in [-0.15, -0.1) is 0 Å². The molecular formula is C5HCl4N. The molecule has 0 atom stereocenters. The number of rotatable bonds is 0. The Morgan fingerprint density at radius 1 is 1.00 bits per heavy atom. The lowest BCUT2D eigenvalue weighted by molar-refractivity contribution is 1.33. The van der Waals surface area contributed by atoms with Crippen LogP contribution in [0.25, 0.3) is 0 Å². The number of hydrogen-bond donors (Lipinski definition) is 0. The van der Waals surface area contributed by atoms with Crippen LogP contribution >= 0.6 is 46.4 Å². The van der Waals surface area contributed by atoms with E-state index in [-0.39, 0.29) is 15.2 Å². The summed E-state index contributed by atoms with van der Waals surface area (Å²) in [5.41, 5.74) is 0. The number of pyridine rings is 1. The molecule has 1 rings (SSSR count). The highest BCUT2D eigenvalue weighted by Gasteiger charge is 2.06. The topological polar surface area (TPSA) is 12.9 Å². The van der Waals surface area contributed by atoms with Crippen LogP contribution in [0.1, 0.15) is 0 Å². The standard InChI is InChI=1S/C5HCl4N/c6-2-1-10-5(9)4(8)3(2)7/h1H. The van der Waals surface area contributed by atoms with Crippen molar-refractivity contribution >= 4 is 46.4 Å². The summed E-state index contributed by atoms with van der Waals surface area (Å²) in [4.78, 5) is 3.66. The van der Waals surface area contributed by atoms with Crippen LogP contribution in [0.15, 0.2) is 6.20 Å². The van der Waals surface area contributed by atoms with E-state index >= 15 is 0 Å². The number of halogens is 4. The van der Waals surface area contributed by atoms with Gasteiger partial charge in [-0.05, 0) is 0 Å². The third-order valence-electron chi connectivity index (χ3n) is 0.875.